The lowest BCUT2D eigenvalue weighted by atomic mass is 10.1. The van der Waals surface area contributed by atoms with Crippen molar-refractivity contribution in [2.45, 2.75) is 0 Å². The number of ether oxygens (including phenoxy) is 4. The van der Waals surface area contributed by atoms with Crippen LogP contribution < -0.4 is 18.9 Å². The molecule has 5 rings (SSSR count). The fourth-order valence-electron chi connectivity index (χ4n) is 4.25. The summed E-state index contributed by atoms with van der Waals surface area (Å²) in [6.45, 7) is 0. The van der Waals surface area contributed by atoms with Gasteiger partial charge in [-0.3, -0.25) is 4.79 Å². The van der Waals surface area contributed by atoms with Crippen LogP contribution in [0.25, 0.3) is 28.4 Å². The number of carbonyl (C=O) groups excluding carboxylic acids is 2. The van der Waals surface area contributed by atoms with E-state index in [1.165, 1.54) is 13.2 Å². The van der Waals surface area contributed by atoms with Crippen molar-refractivity contribution in [2.75, 3.05) is 21.3 Å². The Morgan fingerprint density at radius 2 is 1.45 bits per heavy atom. The van der Waals surface area contributed by atoms with Gasteiger partial charge in [0.25, 0.3) is 0 Å². The zero-order chi connectivity index (χ0) is 28.1. The first kappa shape index (κ1) is 26.3. The van der Waals surface area contributed by atoms with Gasteiger partial charge in [0, 0.05) is 16.5 Å². The third kappa shape index (κ3) is 5.44. The monoisotopic (exact) mass is 534 g/mol. The normalized spacial score (nSPS) is 11.0. The third-order valence-corrected chi connectivity index (χ3v) is 6.33. The lowest BCUT2D eigenvalue weighted by Crippen LogP contribution is -2.10. The molecule has 0 amide bonds. The van der Waals surface area contributed by atoms with Gasteiger partial charge in [-0.05, 0) is 66.2 Å². The van der Waals surface area contributed by atoms with Gasteiger partial charge in [-0.1, -0.05) is 42.5 Å². The zero-order valence-corrected chi connectivity index (χ0v) is 22.2. The number of hydrogen-bond donors (Lipinski definition) is 0. The SMILES string of the molecule is COc1ccc(C(=O)/C=C/c2ccc(OC(=O)c3c(-c4ccccc4)oc4ccc(OC)cc34)c(OC)c2)cc1. The molecule has 0 aliphatic rings. The van der Waals surface area contributed by atoms with Gasteiger partial charge in [0.05, 0.1) is 21.3 Å². The highest BCUT2D eigenvalue weighted by molar-refractivity contribution is 6.10. The molecule has 1 heterocycles. The number of allylic oxidation sites excluding steroid dienone is 1. The molecule has 0 N–H and O–H groups in total. The number of furan rings is 1. The summed E-state index contributed by atoms with van der Waals surface area (Å²) in [4.78, 5) is 26.2. The summed E-state index contributed by atoms with van der Waals surface area (Å²) in [5.74, 6) is 1.44. The summed E-state index contributed by atoms with van der Waals surface area (Å²) in [6, 6.07) is 26.5. The molecular formula is C33H26O7. The zero-order valence-electron chi connectivity index (χ0n) is 22.2. The van der Waals surface area contributed by atoms with Crippen molar-refractivity contribution in [3.63, 3.8) is 0 Å². The van der Waals surface area contributed by atoms with Crippen molar-refractivity contribution in [1.29, 1.82) is 0 Å². The van der Waals surface area contributed by atoms with Crippen LogP contribution in [0, 0.1) is 0 Å². The van der Waals surface area contributed by atoms with Gasteiger partial charge in [0.1, 0.15) is 28.4 Å². The molecule has 7 heteroatoms. The molecule has 0 saturated carbocycles. The molecule has 0 fully saturated rings. The Labute approximate surface area is 231 Å². The van der Waals surface area contributed by atoms with E-state index in [1.54, 1.807) is 81.0 Å². The van der Waals surface area contributed by atoms with Crippen molar-refractivity contribution >= 4 is 28.8 Å². The Kier molecular flexibility index (Phi) is 7.64. The van der Waals surface area contributed by atoms with Gasteiger partial charge in [-0.25, -0.2) is 4.79 Å². The lowest BCUT2D eigenvalue weighted by molar-refractivity contribution is 0.0731. The summed E-state index contributed by atoms with van der Waals surface area (Å²) in [6.07, 6.45) is 3.14. The smallest absolute Gasteiger partial charge is 0.348 e. The minimum atomic E-state index is -0.609. The summed E-state index contributed by atoms with van der Waals surface area (Å²) < 4.78 is 27.9. The minimum absolute atomic E-state index is 0.159. The number of hydrogen-bond acceptors (Lipinski definition) is 7. The van der Waals surface area contributed by atoms with Crippen LogP contribution in [0.2, 0.25) is 0 Å². The van der Waals surface area contributed by atoms with E-state index in [-0.39, 0.29) is 17.1 Å². The molecule has 0 atom stereocenters. The molecule has 0 saturated heterocycles. The van der Waals surface area contributed by atoms with Gasteiger partial charge in [0.15, 0.2) is 17.3 Å². The van der Waals surface area contributed by atoms with Gasteiger partial charge < -0.3 is 23.4 Å². The Balaban J connectivity index is 1.43. The van der Waals surface area contributed by atoms with Crippen molar-refractivity contribution in [2.24, 2.45) is 0 Å². The van der Waals surface area contributed by atoms with Crippen LogP contribution in [-0.4, -0.2) is 33.1 Å². The molecular weight excluding hydrogens is 508 g/mol. The molecule has 0 bridgehead atoms. The number of fused-ring (bicyclic) bond motifs is 1. The molecule has 1 aromatic heterocycles. The number of benzene rings is 4. The molecule has 5 aromatic rings. The predicted molar refractivity (Wildman–Crippen MR) is 153 cm³/mol. The van der Waals surface area contributed by atoms with E-state index in [0.717, 1.165) is 5.56 Å². The van der Waals surface area contributed by atoms with E-state index in [1.807, 2.05) is 30.3 Å². The molecule has 0 unspecified atom stereocenters. The standard InChI is InChI=1S/C33H26O7/c1-36-24-13-11-22(12-14-24)27(34)16-9-21-10-17-29(30(19-21)38-3)40-33(35)31-26-20-25(37-2)15-18-28(26)39-32(31)23-7-5-4-6-8-23/h4-20H,1-3H3/b16-9+. The number of methoxy groups -OCH3 is 3. The van der Waals surface area contributed by atoms with E-state index in [9.17, 15) is 9.59 Å². The van der Waals surface area contributed by atoms with Gasteiger partial charge in [-0.2, -0.15) is 0 Å². The van der Waals surface area contributed by atoms with Gasteiger partial charge in [0.2, 0.25) is 0 Å². The fourth-order valence-corrected chi connectivity index (χ4v) is 4.25. The quantitative estimate of drug-likeness (QED) is 0.0853. The molecule has 7 nitrogen and oxygen atoms in total. The largest absolute Gasteiger partial charge is 0.497 e. The van der Waals surface area contributed by atoms with Crippen LogP contribution in [0.4, 0.5) is 0 Å². The first-order valence-electron chi connectivity index (χ1n) is 12.4. The number of ketones is 1. The van der Waals surface area contributed by atoms with Crippen molar-refractivity contribution in [3.05, 3.63) is 114 Å². The highest BCUT2D eigenvalue weighted by Gasteiger charge is 2.25. The van der Waals surface area contributed by atoms with Crippen LogP contribution in [0.5, 0.6) is 23.0 Å². The number of esters is 1. The Hall–Kier alpha value is -5.30. The van der Waals surface area contributed by atoms with Crippen molar-refractivity contribution in [1.82, 2.24) is 0 Å². The Morgan fingerprint density at radius 3 is 2.15 bits per heavy atom. The molecule has 0 aliphatic carbocycles. The average Bonchev–Trinajstić information content (AvgIpc) is 3.39. The highest BCUT2D eigenvalue weighted by atomic mass is 16.6. The molecule has 4 aromatic carbocycles. The first-order valence-corrected chi connectivity index (χ1v) is 12.4. The maximum atomic E-state index is 13.6. The number of rotatable bonds is 9. The summed E-state index contributed by atoms with van der Waals surface area (Å²) in [5, 5.41) is 0.568. The van der Waals surface area contributed by atoms with Crippen LogP contribution in [-0.2, 0) is 0 Å². The fraction of sp³-hybridized carbons (Fsp3) is 0.0909. The van der Waals surface area contributed by atoms with Gasteiger partial charge >= 0.3 is 5.97 Å². The second-order valence-electron chi connectivity index (χ2n) is 8.76. The summed E-state index contributed by atoms with van der Waals surface area (Å²) in [7, 11) is 4.61. The summed E-state index contributed by atoms with van der Waals surface area (Å²) in [5.41, 5.74) is 2.77. The molecule has 0 spiro atoms. The van der Waals surface area contributed by atoms with E-state index < -0.39 is 5.97 Å². The molecule has 40 heavy (non-hydrogen) atoms. The van der Waals surface area contributed by atoms with Crippen LogP contribution in [0.3, 0.4) is 0 Å². The van der Waals surface area contributed by atoms with E-state index in [0.29, 0.717) is 45.1 Å². The third-order valence-electron chi connectivity index (χ3n) is 6.33. The van der Waals surface area contributed by atoms with Crippen LogP contribution in [0.1, 0.15) is 26.3 Å². The topological polar surface area (TPSA) is 84.2 Å². The maximum absolute atomic E-state index is 13.6. The average molecular weight is 535 g/mol. The number of carbonyl (C=O) groups is 2. The van der Waals surface area contributed by atoms with E-state index >= 15 is 0 Å². The van der Waals surface area contributed by atoms with Gasteiger partial charge in [-0.15, -0.1) is 0 Å². The minimum Gasteiger partial charge on any atom is -0.497 e. The Bertz CT molecular complexity index is 1700. The van der Waals surface area contributed by atoms with Crippen LogP contribution in [0.15, 0.2) is 101 Å². The maximum Gasteiger partial charge on any atom is 0.348 e. The highest BCUT2D eigenvalue weighted by Crippen LogP contribution is 2.37. The summed E-state index contributed by atoms with van der Waals surface area (Å²) >= 11 is 0. The molecule has 200 valence electrons. The Morgan fingerprint density at radius 1 is 0.725 bits per heavy atom. The van der Waals surface area contributed by atoms with E-state index in [2.05, 4.69) is 0 Å². The second-order valence-corrected chi connectivity index (χ2v) is 8.76. The first-order chi connectivity index (χ1) is 19.5. The molecule has 0 aliphatic heterocycles. The second kappa shape index (κ2) is 11.6. The lowest BCUT2D eigenvalue weighted by Gasteiger charge is -2.10. The van der Waals surface area contributed by atoms with Crippen molar-refractivity contribution in [3.8, 4) is 34.3 Å². The molecule has 0 radical (unpaired) electrons. The van der Waals surface area contributed by atoms with E-state index in [4.69, 9.17) is 23.4 Å². The van der Waals surface area contributed by atoms with Crippen LogP contribution >= 0.6 is 0 Å². The van der Waals surface area contributed by atoms with Crippen molar-refractivity contribution < 1.29 is 33.0 Å². The predicted octanol–water partition coefficient (Wildman–Crippen LogP) is 7.24.